The predicted molar refractivity (Wildman–Crippen MR) is 125 cm³/mol. The summed E-state index contributed by atoms with van der Waals surface area (Å²) in [6.45, 7) is 0. The van der Waals surface area contributed by atoms with E-state index < -0.39 is 55.9 Å². The molecule has 214 valence electrons. The van der Waals surface area contributed by atoms with Crippen LogP contribution >= 0.6 is 0 Å². The molecular weight excluding hydrogens is 571 g/mol. The van der Waals surface area contributed by atoms with E-state index in [1.807, 2.05) is 0 Å². The quantitative estimate of drug-likeness (QED) is 0.316. The van der Waals surface area contributed by atoms with Crippen molar-refractivity contribution in [2.45, 2.75) is 52.9 Å². The van der Waals surface area contributed by atoms with E-state index in [2.05, 4.69) is 15.3 Å². The van der Waals surface area contributed by atoms with E-state index in [1.165, 1.54) is 18.6 Å². The van der Waals surface area contributed by atoms with E-state index in [0.29, 0.717) is 17.8 Å². The summed E-state index contributed by atoms with van der Waals surface area (Å²) in [7, 11) is -4.41. The van der Waals surface area contributed by atoms with Crippen LogP contribution in [-0.2, 0) is 31.4 Å². The molecule has 40 heavy (non-hydrogen) atoms. The molecule has 1 heterocycles. The van der Waals surface area contributed by atoms with Crippen molar-refractivity contribution in [2.75, 3.05) is 0 Å². The Labute approximate surface area is 223 Å². The minimum Gasteiger partial charge on any atom is -0.369 e. The molecule has 7 nitrogen and oxygen atoms in total. The molecule has 1 amide bonds. The standard InChI is InChI=1S/C25H20F7N3O4S/c26-17-5-7-20(8-6-17)40(38,39)22(12-19(13-22)35-21(36)11-18-14-33-9-10-34-18)15-1-3-16(4-2-15)23(37,24(27,28)29)25(30,31)32/h1-10,14,19,37H,11-13H2,(H,35,36). The summed E-state index contributed by atoms with van der Waals surface area (Å²) >= 11 is 0. The number of hydrogen-bond donors (Lipinski definition) is 2. The summed E-state index contributed by atoms with van der Waals surface area (Å²) < 4.78 is 119. The molecule has 0 aliphatic heterocycles. The summed E-state index contributed by atoms with van der Waals surface area (Å²) in [6.07, 6.45) is -8.88. The molecular formula is C25H20F7N3O4S. The van der Waals surface area contributed by atoms with Gasteiger partial charge in [-0.2, -0.15) is 26.3 Å². The molecule has 0 unspecified atom stereocenters. The number of aliphatic hydroxyl groups is 1. The fourth-order valence-corrected chi connectivity index (χ4v) is 6.89. The number of sulfone groups is 1. The van der Waals surface area contributed by atoms with Gasteiger partial charge in [0.05, 0.1) is 17.0 Å². The average molecular weight is 592 g/mol. The molecule has 3 aromatic rings. The summed E-state index contributed by atoms with van der Waals surface area (Å²) in [4.78, 5) is 19.9. The third-order valence-corrected chi connectivity index (χ3v) is 9.25. The lowest BCUT2D eigenvalue weighted by molar-refractivity contribution is -0.376. The second kappa shape index (κ2) is 10.1. The number of rotatable bonds is 7. The van der Waals surface area contributed by atoms with Gasteiger partial charge in [-0.25, -0.2) is 12.8 Å². The lowest BCUT2D eigenvalue weighted by Crippen LogP contribution is -2.57. The number of amides is 1. The lowest BCUT2D eigenvalue weighted by atomic mass is 9.74. The monoisotopic (exact) mass is 591 g/mol. The number of alkyl halides is 6. The summed E-state index contributed by atoms with van der Waals surface area (Å²) in [5.41, 5.74) is -6.59. The Balaban J connectivity index is 1.68. The van der Waals surface area contributed by atoms with Gasteiger partial charge in [0.25, 0.3) is 5.60 Å². The maximum atomic E-state index is 13.7. The van der Waals surface area contributed by atoms with Gasteiger partial charge in [-0.15, -0.1) is 0 Å². The van der Waals surface area contributed by atoms with Gasteiger partial charge in [0.15, 0.2) is 9.84 Å². The predicted octanol–water partition coefficient (Wildman–Crippen LogP) is 4.12. The van der Waals surface area contributed by atoms with Crippen LogP contribution in [0.4, 0.5) is 30.7 Å². The number of benzene rings is 2. The fourth-order valence-electron chi connectivity index (χ4n) is 4.66. The molecule has 0 bridgehead atoms. The number of halogens is 7. The molecule has 0 atom stereocenters. The summed E-state index contributed by atoms with van der Waals surface area (Å²) in [5.74, 6) is -1.26. The fraction of sp³-hybridized carbons (Fsp3) is 0.320. The van der Waals surface area contributed by atoms with Crippen molar-refractivity contribution in [3.05, 3.63) is 89.8 Å². The lowest BCUT2D eigenvalue weighted by Gasteiger charge is -2.47. The van der Waals surface area contributed by atoms with Crippen molar-refractivity contribution in [1.29, 1.82) is 0 Å². The van der Waals surface area contributed by atoms with Crippen LogP contribution < -0.4 is 5.32 Å². The Morgan fingerprint density at radius 1 is 0.950 bits per heavy atom. The van der Waals surface area contributed by atoms with Crippen LogP contribution in [0.25, 0.3) is 0 Å². The van der Waals surface area contributed by atoms with Gasteiger partial charge in [0.1, 0.15) is 10.6 Å². The normalized spacial score (nSPS) is 20.1. The Morgan fingerprint density at radius 3 is 2.02 bits per heavy atom. The number of carbonyl (C=O) groups is 1. The van der Waals surface area contributed by atoms with Crippen molar-refractivity contribution in [2.24, 2.45) is 0 Å². The Morgan fingerprint density at radius 2 is 1.52 bits per heavy atom. The van der Waals surface area contributed by atoms with Gasteiger partial charge < -0.3 is 10.4 Å². The minimum absolute atomic E-state index is 0.174. The summed E-state index contributed by atoms with van der Waals surface area (Å²) in [6, 6.07) is 5.23. The number of hydrogen-bond acceptors (Lipinski definition) is 6. The number of aromatic nitrogens is 2. The van der Waals surface area contributed by atoms with Crippen LogP contribution in [0.3, 0.4) is 0 Å². The first-order chi connectivity index (χ1) is 18.5. The molecule has 0 saturated heterocycles. The van der Waals surface area contributed by atoms with Gasteiger partial charge >= 0.3 is 12.4 Å². The summed E-state index contributed by atoms with van der Waals surface area (Å²) in [5, 5.41) is 12.3. The molecule has 0 radical (unpaired) electrons. The largest absolute Gasteiger partial charge is 0.430 e. The van der Waals surface area contributed by atoms with Crippen molar-refractivity contribution >= 4 is 15.7 Å². The zero-order chi connectivity index (χ0) is 29.6. The third-order valence-electron chi connectivity index (χ3n) is 6.76. The zero-order valence-electron chi connectivity index (χ0n) is 20.2. The van der Waals surface area contributed by atoms with Gasteiger partial charge in [0, 0.05) is 30.2 Å². The first-order valence-corrected chi connectivity index (χ1v) is 13.0. The molecule has 1 fully saturated rings. The van der Waals surface area contributed by atoms with E-state index >= 15 is 0 Å². The van der Waals surface area contributed by atoms with E-state index in [4.69, 9.17) is 0 Å². The molecule has 2 aromatic carbocycles. The molecule has 1 aromatic heterocycles. The van der Waals surface area contributed by atoms with Crippen molar-refractivity contribution < 1.29 is 49.1 Å². The molecule has 4 rings (SSSR count). The highest BCUT2D eigenvalue weighted by Crippen LogP contribution is 2.53. The maximum Gasteiger partial charge on any atom is 0.430 e. The maximum absolute atomic E-state index is 13.7. The van der Waals surface area contributed by atoms with Crippen LogP contribution in [-0.4, -0.2) is 47.8 Å². The first-order valence-electron chi connectivity index (χ1n) is 11.5. The van der Waals surface area contributed by atoms with Crippen LogP contribution in [0, 0.1) is 5.82 Å². The van der Waals surface area contributed by atoms with Crippen LogP contribution in [0.15, 0.2) is 72.0 Å². The SMILES string of the molecule is O=C(Cc1cnccn1)NC1CC(c2ccc(C(O)(C(F)(F)F)C(F)(F)F)cc2)(S(=O)(=O)c2ccc(F)cc2)C1. The van der Waals surface area contributed by atoms with Crippen LogP contribution in [0.1, 0.15) is 29.7 Å². The van der Waals surface area contributed by atoms with Crippen LogP contribution in [0.2, 0.25) is 0 Å². The van der Waals surface area contributed by atoms with Gasteiger partial charge in [0.2, 0.25) is 5.91 Å². The highest BCUT2D eigenvalue weighted by molar-refractivity contribution is 7.92. The van der Waals surface area contributed by atoms with E-state index in [-0.39, 0.29) is 29.7 Å². The highest BCUT2D eigenvalue weighted by atomic mass is 32.2. The molecule has 2 N–H and O–H groups in total. The van der Waals surface area contributed by atoms with Crippen molar-refractivity contribution in [3.63, 3.8) is 0 Å². The average Bonchev–Trinajstić information content (AvgIpc) is 2.85. The second-order valence-electron chi connectivity index (χ2n) is 9.28. The first kappa shape index (κ1) is 29.4. The Bertz CT molecular complexity index is 1460. The molecule has 1 aliphatic carbocycles. The number of nitrogens with zero attached hydrogens (tertiary/aromatic N) is 2. The van der Waals surface area contributed by atoms with E-state index in [1.54, 1.807) is 0 Å². The third kappa shape index (κ3) is 5.03. The smallest absolute Gasteiger partial charge is 0.369 e. The zero-order valence-corrected chi connectivity index (χ0v) is 21.0. The minimum atomic E-state index is -6.13. The number of nitrogens with one attached hydrogen (secondary N) is 1. The van der Waals surface area contributed by atoms with Crippen molar-refractivity contribution in [3.8, 4) is 0 Å². The van der Waals surface area contributed by atoms with E-state index in [0.717, 1.165) is 36.4 Å². The molecule has 0 spiro atoms. The molecule has 1 aliphatic rings. The Hall–Kier alpha value is -3.59. The van der Waals surface area contributed by atoms with Gasteiger partial charge in [-0.1, -0.05) is 24.3 Å². The molecule has 15 heteroatoms. The topological polar surface area (TPSA) is 109 Å². The highest BCUT2D eigenvalue weighted by Gasteiger charge is 2.71. The van der Waals surface area contributed by atoms with Gasteiger partial charge in [-0.05, 0) is 42.7 Å². The Kier molecular flexibility index (Phi) is 7.43. The van der Waals surface area contributed by atoms with Gasteiger partial charge in [-0.3, -0.25) is 14.8 Å². The second-order valence-corrected chi connectivity index (χ2v) is 11.5. The van der Waals surface area contributed by atoms with Crippen LogP contribution in [0.5, 0.6) is 0 Å². The van der Waals surface area contributed by atoms with Crippen molar-refractivity contribution in [1.82, 2.24) is 15.3 Å². The number of carbonyl (C=O) groups excluding carboxylic acids is 1. The van der Waals surface area contributed by atoms with E-state index in [9.17, 15) is 49.1 Å². The molecule has 1 saturated carbocycles.